The van der Waals surface area contributed by atoms with Gasteiger partial charge in [-0.05, 0) is 32.9 Å². The average molecular weight is 369 g/mol. The fourth-order valence-corrected chi connectivity index (χ4v) is 3.20. The van der Waals surface area contributed by atoms with Crippen molar-refractivity contribution in [3.63, 3.8) is 0 Å². The standard InChI is InChI=1S/C19H23N5O3/c1-12(2)24-15-7-5-4-6-14(15)16(19(24)27)22-18(26)17(25)20-10-11-23-13(3)8-9-21-23/h4-9,12,16H,10-11H2,1-3H3,(H,20,25)(H,22,26). The van der Waals surface area contributed by atoms with Gasteiger partial charge in [-0.15, -0.1) is 0 Å². The Balaban J connectivity index is 1.62. The summed E-state index contributed by atoms with van der Waals surface area (Å²) in [6.45, 7) is 6.45. The molecular weight excluding hydrogens is 346 g/mol. The van der Waals surface area contributed by atoms with Gasteiger partial charge in [0.1, 0.15) is 6.04 Å². The van der Waals surface area contributed by atoms with Gasteiger partial charge in [-0.25, -0.2) is 0 Å². The van der Waals surface area contributed by atoms with E-state index in [4.69, 9.17) is 0 Å². The average Bonchev–Trinajstić information content (AvgIpc) is 3.16. The monoisotopic (exact) mass is 369 g/mol. The first-order chi connectivity index (χ1) is 12.9. The molecule has 0 aliphatic carbocycles. The molecule has 1 unspecified atom stereocenters. The molecule has 1 aromatic carbocycles. The lowest BCUT2D eigenvalue weighted by Gasteiger charge is -2.22. The van der Waals surface area contributed by atoms with E-state index < -0.39 is 17.9 Å². The number of amides is 3. The number of rotatable bonds is 5. The summed E-state index contributed by atoms with van der Waals surface area (Å²) in [5, 5.41) is 9.23. The van der Waals surface area contributed by atoms with E-state index in [9.17, 15) is 14.4 Å². The molecule has 3 amide bonds. The Morgan fingerprint density at radius 3 is 2.59 bits per heavy atom. The molecule has 1 aliphatic heterocycles. The van der Waals surface area contributed by atoms with Crippen molar-refractivity contribution in [2.75, 3.05) is 11.4 Å². The maximum atomic E-state index is 12.7. The molecule has 0 fully saturated rings. The summed E-state index contributed by atoms with van der Waals surface area (Å²) < 4.78 is 1.73. The van der Waals surface area contributed by atoms with E-state index in [1.165, 1.54) is 0 Å². The van der Waals surface area contributed by atoms with E-state index in [1.807, 2.05) is 45.0 Å². The maximum Gasteiger partial charge on any atom is 0.310 e. The lowest BCUT2D eigenvalue weighted by Crippen LogP contribution is -2.46. The normalized spacial score (nSPS) is 15.8. The van der Waals surface area contributed by atoms with E-state index in [-0.39, 0.29) is 18.5 Å². The number of nitrogens with zero attached hydrogens (tertiary/aromatic N) is 3. The minimum Gasteiger partial charge on any atom is -0.346 e. The first-order valence-electron chi connectivity index (χ1n) is 8.89. The number of para-hydroxylation sites is 1. The van der Waals surface area contributed by atoms with Crippen molar-refractivity contribution in [2.24, 2.45) is 0 Å². The predicted molar refractivity (Wildman–Crippen MR) is 99.9 cm³/mol. The van der Waals surface area contributed by atoms with E-state index >= 15 is 0 Å². The summed E-state index contributed by atoms with van der Waals surface area (Å²) in [6.07, 6.45) is 1.67. The molecule has 0 radical (unpaired) electrons. The van der Waals surface area contributed by atoms with E-state index in [2.05, 4.69) is 15.7 Å². The summed E-state index contributed by atoms with van der Waals surface area (Å²) in [7, 11) is 0. The molecule has 0 spiro atoms. The van der Waals surface area contributed by atoms with Crippen molar-refractivity contribution in [3.05, 3.63) is 47.8 Å². The van der Waals surface area contributed by atoms with Crippen LogP contribution in [0.4, 0.5) is 5.69 Å². The summed E-state index contributed by atoms with van der Waals surface area (Å²) in [5.41, 5.74) is 2.43. The van der Waals surface area contributed by atoms with Gasteiger partial charge < -0.3 is 15.5 Å². The predicted octanol–water partition coefficient (Wildman–Crippen LogP) is 0.920. The smallest absolute Gasteiger partial charge is 0.310 e. The molecule has 142 valence electrons. The van der Waals surface area contributed by atoms with Gasteiger partial charge in [0.05, 0.1) is 6.54 Å². The molecule has 0 saturated carbocycles. The quantitative estimate of drug-likeness (QED) is 0.766. The minimum absolute atomic E-state index is 0.0494. The van der Waals surface area contributed by atoms with E-state index in [0.717, 1.165) is 11.4 Å². The van der Waals surface area contributed by atoms with Crippen LogP contribution in [-0.4, -0.2) is 40.1 Å². The number of nitrogens with one attached hydrogen (secondary N) is 2. The van der Waals surface area contributed by atoms with E-state index in [1.54, 1.807) is 21.8 Å². The van der Waals surface area contributed by atoms with Crippen LogP contribution >= 0.6 is 0 Å². The van der Waals surface area contributed by atoms with Crippen molar-refractivity contribution < 1.29 is 14.4 Å². The molecule has 2 heterocycles. The highest BCUT2D eigenvalue weighted by Gasteiger charge is 2.39. The second-order valence-electron chi connectivity index (χ2n) is 6.72. The summed E-state index contributed by atoms with van der Waals surface area (Å²) >= 11 is 0. The second kappa shape index (κ2) is 7.61. The molecule has 8 nitrogen and oxygen atoms in total. The van der Waals surface area contributed by atoms with E-state index in [0.29, 0.717) is 12.1 Å². The van der Waals surface area contributed by atoms with Crippen LogP contribution in [0.25, 0.3) is 0 Å². The third-order valence-electron chi connectivity index (χ3n) is 4.53. The van der Waals surface area contributed by atoms with Crippen LogP contribution in [0.2, 0.25) is 0 Å². The fraction of sp³-hybridized carbons (Fsp3) is 0.368. The third kappa shape index (κ3) is 3.69. The zero-order valence-electron chi connectivity index (χ0n) is 15.6. The molecule has 1 aliphatic rings. The molecular formula is C19H23N5O3. The number of aromatic nitrogens is 2. The van der Waals surface area contributed by atoms with Crippen LogP contribution in [0.15, 0.2) is 36.5 Å². The van der Waals surface area contributed by atoms with Crippen molar-refractivity contribution >= 4 is 23.4 Å². The third-order valence-corrected chi connectivity index (χ3v) is 4.53. The van der Waals surface area contributed by atoms with Crippen LogP contribution in [0.5, 0.6) is 0 Å². The Labute approximate surface area is 157 Å². The highest BCUT2D eigenvalue weighted by atomic mass is 16.2. The lowest BCUT2D eigenvalue weighted by molar-refractivity contribution is -0.140. The van der Waals surface area contributed by atoms with Gasteiger partial charge in [0.15, 0.2) is 0 Å². The minimum atomic E-state index is -0.852. The number of hydrogen-bond donors (Lipinski definition) is 2. The van der Waals surface area contributed by atoms with Gasteiger partial charge in [-0.3, -0.25) is 19.1 Å². The topological polar surface area (TPSA) is 96.3 Å². The Morgan fingerprint density at radius 1 is 1.19 bits per heavy atom. The first kappa shape index (κ1) is 18.6. The Morgan fingerprint density at radius 2 is 1.93 bits per heavy atom. The van der Waals surface area contributed by atoms with Crippen LogP contribution in [0.1, 0.15) is 31.1 Å². The van der Waals surface area contributed by atoms with Crippen LogP contribution in [0, 0.1) is 6.92 Å². The van der Waals surface area contributed by atoms with Crippen molar-refractivity contribution in [1.82, 2.24) is 20.4 Å². The molecule has 8 heteroatoms. The zero-order valence-corrected chi connectivity index (χ0v) is 15.6. The van der Waals surface area contributed by atoms with Crippen molar-refractivity contribution in [2.45, 2.75) is 39.4 Å². The Hall–Kier alpha value is -3.16. The molecule has 1 atom stereocenters. The highest BCUT2D eigenvalue weighted by molar-refractivity contribution is 6.35. The molecule has 27 heavy (non-hydrogen) atoms. The fourth-order valence-electron chi connectivity index (χ4n) is 3.20. The number of benzene rings is 1. The Kier molecular flexibility index (Phi) is 5.25. The largest absolute Gasteiger partial charge is 0.346 e. The number of carbonyl (C=O) groups is 3. The van der Waals surface area contributed by atoms with Gasteiger partial charge in [0.2, 0.25) is 0 Å². The van der Waals surface area contributed by atoms with Gasteiger partial charge in [-0.2, -0.15) is 5.10 Å². The number of anilines is 1. The second-order valence-corrected chi connectivity index (χ2v) is 6.72. The molecule has 1 aromatic heterocycles. The first-order valence-corrected chi connectivity index (χ1v) is 8.89. The molecule has 0 bridgehead atoms. The number of carbonyl (C=O) groups excluding carboxylic acids is 3. The summed E-state index contributed by atoms with van der Waals surface area (Å²) in [6, 6.07) is 8.24. The Bertz CT molecular complexity index is 874. The number of aryl methyl sites for hydroxylation is 1. The highest BCUT2D eigenvalue weighted by Crippen LogP contribution is 2.36. The van der Waals surface area contributed by atoms with Crippen molar-refractivity contribution in [3.8, 4) is 0 Å². The molecule has 2 aromatic rings. The summed E-state index contributed by atoms with van der Waals surface area (Å²) in [4.78, 5) is 38.7. The van der Waals surface area contributed by atoms with Gasteiger partial charge >= 0.3 is 11.8 Å². The van der Waals surface area contributed by atoms with Crippen LogP contribution in [-0.2, 0) is 20.9 Å². The number of hydrogen-bond acceptors (Lipinski definition) is 4. The molecule has 2 N–H and O–H groups in total. The SMILES string of the molecule is Cc1ccnn1CCNC(=O)C(=O)NC1C(=O)N(C(C)C)c2ccccc21. The molecule has 3 rings (SSSR count). The summed E-state index contributed by atoms with van der Waals surface area (Å²) in [5.74, 6) is -1.83. The maximum absolute atomic E-state index is 12.7. The van der Waals surface area contributed by atoms with Gasteiger partial charge in [0.25, 0.3) is 5.91 Å². The lowest BCUT2D eigenvalue weighted by atomic mass is 10.1. The van der Waals surface area contributed by atoms with Gasteiger partial charge in [-0.1, -0.05) is 18.2 Å². The zero-order chi connectivity index (χ0) is 19.6. The number of fused-ring (bicyclic) bond motifs is 1. The van der Waals surface area contributed by atoms with Crippen molar-refractivity contribution in [1.29, 1.82) is 0 Å². The van der Waals surface area contributed by atoms with Gasteiger partial charge in [0, 0.05) is 35.7 Å². The molecule has 0 saturated heterocycles. The van der Waals surface area contributed by atoms with Crippen LogP contribution < -0.4 is 15.5 Å². The van der Waals surface area contributed by atoms with Crippen LogP contribution in [0.3, 0.4) is 0 Å².